The number of para-hydroxylation sites is 1. The average Bonchev–Trinajstić information content (AvgIpc) is 3.42. The Labute approximate surface area is 195 Å². The van der Waals surface area contributed by atoms with Gasteiger partial charge in [-0.3, -0.25) is 14.3 Å². The van der Waals surface area contributed by atoms with E-state index in [1.165, 1.54) is 6.07 Å². The monoisotopic (exact) mass is 506 g/mol. The van der Waals surface area contributed by atoms with Gasteiger partial charge in [0.1, 0.15) is 5.82 Å². The highest BCUT2D eigenvalue weighted by atomic mass is 79.9. The number of rotatable bonds is 5. The molecule has 0 spiro atoms. The molecule has 0 aliphatic carbocycles. The van der Waals surface area contributed by atoms with Gasteiger partial charge < -0.3 is 9.88 Å². The summed E-state index contributed by atoms with van der Waals surface area (Å²) in [6.07, 6.45) is 1.97. The standard InChI is InChI=1S/C24H16BrFN4O3/c25-18-2-1-3-19(26)21(18)27-23(31)15-6-4-14(5-7-15)13-30-11-10-16-12-17(8-9-20(16)30)22-28-24(32)33-29-22/h1-12H,13H2,(H,27,31)(H,28,29,32). The lowest BCUT2D eigenvalue weighted by atomic mass is 10.1. The van der Waals surface area contributed by atoms with Crippen LogP contribution in [0.15, 0.2) is 86.7 Å². The van der Waals surface area contributed by atoms with E-state index in [2.05, 4.69) is 40.5 Å². The molecule has 2 N–H and O–H groups in total. The number of fused-ring (bicyclic) bond motifs is 1. The van der Waals surface area contributed by atoms with E-state index in [0.29, 0.717) is 22.4 Å². The van der Waals surface area contributed by atoms with Crippen LogP contribution in [0.2, 0.25) is 0 Å². The third-order valence-corrected chi connectivity index (χ3v) is 5.92. The first kappa shape index (κ1) is 20.9. The first-order chi connectivity index (χ1) is 16.0. The van der Waals surface area contributed by atoms with E-state index in [9.17, 15) is 14.0 Å². The molecule has 9 heteroatoms. The average molecular weight is 507 g/mol. The molecule has 1 amide bonds. The molecule has 0 unspecified atom stereocenters. The summed E-state index contributed by atoms with van der Waals surface area (Å²) in [4.78, 5) is 26.3. The molecule has 3 aromatic carbocycles. The fraction of sp³-hybridized carbons (Fsp3) is 0.0417. The summed E-state index contributed by atoms with van der Waals surface area (Å²) < 4.78 is 21.1. The van der Waals surface area contributed by atoms with E-state index in [1.807, 2.05) is 42.6 Å². The normalized spacial score (nSPS) is 11.1. The van der Waals surface area contributed by atoms with Gasteiger partial charge in [0.05, 0.1) is 5.69 Å². The number of halogens is 2. The third kappa shape index (κ3) is 4.22. The zero-order valence-corrected chi connectivity index (χ0v) is 18.6. The van der Waals surface area contributed by atoms with Crippen molar-refractivity contribution < 1.29 is 13.7 Å². The second-order valence-electron chi connectivity index (χ2n) is 7.41. The molecule has 33 heavy (non-hydrogen) atoms. The van der Waals surface area contributed by atoms with Gasteiger partial charge in [0.25, 0.3) is 5.91 Å². The second kappa shape index (κ2) is 8.51. The summed E-state index contributed by atoms with van der Waals surface area (Å²) in [5.41, 5.74) is 3.30. The van der Waals surface area contributed by atoms with Crippen LogP contribution in [0.1, 0.15) is 15.9 Å². The maximum Gasteiger partial charge on any atom is 0.439 e. The first-order valence-corrected chi connectivity index (χ1v) is 10.8. The molecule has 0 bridgehead atoms. The number of benzene rings is 3. The van der Waals surface area contributed by atoms with Crippen molar-refractivity contribution in [1.82, 2.24) is 14.7 Å². The highest BCUT2D eigenvalue weighted by Crippen LogP contribution is 2.26. The number of H-pyrrole nitrogens is 1. The van der Waals surface area contributed by atoms with Crippen LogP contribution >= 0.6 is 15.9 Å². The van der Waals surface area contributed by atoms with Crippen LogP contribution in [0.3, 0.4) is 0 Å². The fourth-order valence-electron chi connectivity index (χ4n) is 3.60. The Morgan fingerprint density at radius 3 is 2.67 bits per heavy atom. The summed E-state index contributed by atoms with van der Waals surface area (Å²) in [5.74, 6) is -1.11. The summed E-state index contributed by atoms with van der Waals surface area (Å²) in [5, 5.41) is 7.31. The van der Waals surface area contributed by atoms with E-state index in [0.717, 1.165) is 22.0 Å². The highest BCUT2D eigenvalue weighted by molar-refractivity contribution is 9.10. The van der Waals surface area contributed by atoms with E-state index in [4.69, 9.17) is 0 Å². The number of anilines is 1. The van der Waals surface area contributed by atoms with Gasteiger partial charge in [-0.1, -0.05) is 23.4 Å². The number of carbonyl (C=O) groups excluding carboxylic acids is 1. The minimum Gasteiger partial charge on any atom is -0.343 e. The molecule has 0 aliphatic rings. The molecule has 0 saturated carbocycles. The summed E-state index contributed by atoms with van der Waals surface area (Å²) in [6.45, 7) is 0.602. The molecule has 5 aromatic rings. The van der Waals surface area contributed by atoms with Crippen LogP contribution in [-0.2, 0) is 6.54 Å². The molecule has 5 rings (SSSR count). The minimum absolute atomic E-state index is 0.111. The molecule has 2 heterocycles. The van der Waals surface area contributed by atoms with Crippen LogP contribution in [0.25, 0.3) is 22.3 Å². The lowest BCUT2D eigenvalue weighted by Crippen LogP contribution is -2.13. The third-order valence-electron chi connectivity index (χ3n) is 5.26. The molecule has 0 fully saturated rings. The molecular weight excluding hydrogens is 491 g/mol. The number of carbonyl (C=O) groups is 1. The van der Waals surface area contributed by atoms with Gasteiger partial charge in [-0.05, 0) is 70.0 Å². The van der Waals surface area contributed by atoms with Crippen LogP contribution in [0.4, 0.5) is 10.1 Å². The fourth-order valence-corrected chi connectivity index (χ4v) is 4.04. The number of nitrogens with one attached hydrogen (secondary N) is 2. The van der Waals surface area contributed by atoms with E-state index < -0.39 is 17.5 Å². The Bertz CT molecular complexity index is 1520. The molecule has 2 aromatic heterocycles. The lowest BCUT2D eigenvalue weighted by Gasteiger charge is -2.10. The number of hydrogen-bond acceptors (Lipinski definition) is 4. The Balaban J connectivity index is 1.33. The predicted octanol–water partition coefficient (Wildman–Crippen LogP) is 5.19. The maximum atomic E-state index is 14.0. The molecule has 0 aliphatic heterocycles. The zero-order valence-electron chi connectivity index (χ0n) is 17.0. The number of amides is 1. The van der Waals surface area contributed by atoms with E-state index in [1.54, 1.807) is 24.3 Å². The maximum absolute atomic E-state index is 14.0. The number of hydrogen-bond donors (Lipinski definition) is 2. The number of aromatic nitrogens is 3. The Morgan fingerprint density at radius 1 is 1.12 bits per heavy atom. The minimum atomic E-state index is -0.596. The largest absolute Gasteiger partial charge is 0.439 e. The first-order valence-electron chi connectivity index (χ1n) is 9.97. The van der Waals surface area contributed by atoms with Crippen molar-refractivity contribution in [2.24, 2.45) is 0 Å². The predicted molar refractivity (Wildman–Crippen MR) is 126 cm³/mol. The van der Waals surface area contributed by atoms with Crippen molar-refractivity contribution in [3.8, 4) is 11.4 Å². The van der Waals surface area contributed by atoms with Gasteiger partial charge in [0, 0.05) is 39.2 Å². The Hall–Kier alpha value is -3.98. The summed E-state index contributed by atoms with van der Waals surface area (Å²) >= 11 is 3.25. The summed E-state index contributed by atoms with van der Waals surface area (Å²) in [6, 6.07) is 19.4. The highest BCUT2D eigenvalue weighted by Gasteiger charge is 2.13. The molecular formula is C24H16BrFN4O3. The number of aromatic amines is 1. The topological polar surface area (TPSA) is 92.9 Å². The molecule has 7 nitrogen and oxygen atoms in total. The van der Waals surface area contributed by atoms with Gasteiger partial charge in [0.2, 0.25) is 0 Å². The van der Waals surface area contributed by atoms with Crippen LogP contribution in [-0.4, -0.2) is 20.6 Å². The smallest absolute Gasteiger partial charge is 0.343 e. The zero-order chi connectivity index (χ0) is 22.9. The van der Waals surface area contributed by atoms with Gasteiger partial charge in [0.15, 0.2) is 5.82 Å². The van der Waals surface area contributed by atoms with Crippen molar-refractivity contribution >= 4 is 38.4 Å². The molecule has 0 saturated heterocycles. The van der Waals surface area contributed by atoms with Crippen molar-refractivity contribution in [2.45, 2.75) is 6.54 Å². The van der Waals surface area contributed by atoms with Gasteiger partial charge in [-0.25, -0.2) is 9.18 Å². The van der Waals surface area contributed by atoms with Crippen molar-refractivity contribution in [3.63, 3.8) is 0 Å². The van der Waals surface area contributed by atoms with E-state index in [-0.39, 0.29) is 5.69 Å². The lowest BCUT2D eigenvalue weighted by molar-refractivity contribution is 0.102. The molecule has 0 atom stereocenters. The SMILES string of the molecule is O=C(Nc1c(F)cccc1Br)c1ccc(Cn2ccc3cc(-c4noc(=O)[nH]4)ccc32)cc1. The Kier molecular flexibility index (Phi) is 5.39. The van der Waals surface area contributed by atoms with E-state index >= 15 is 0 Å². The van der Waals surface area contributed by atoms with Crippen LogP contribution in [0, 0.1) is 5.82 Å². The van der Waals surface area contributed by atoms with Gasteiger partial charge >= 0.3 is 5.76 Å². The van der Waals surface area contributed by atoms with Crippen LogP contribution in [0.5, 0.6) is 0 Å². The summed E-state index contributed by atoms with van der Waals surface area (Å²) in [7, 11) is 0. The van der Waals surface area contributed by atoms with Crippen molar-refractivity contribution in [3.05, 3.63) is 105 Å². The number of nitrogens with zero attached hydrogens (tertiary/aromatic N) is 2. The van der Waals surface area contributed by atoms with Crippen LogP contribution < -0.4 is 11.1 Å². The quantitative estimate of drug-likeness (QED) is 0.343. The molecule has 164 valence electrons. The Morgan fingerprint density at radius 2 is 1.94 bits per heavy atom. The second-order valence-corrected chi connectivity index (χ2v) is 8.26. The van der Waals surface area contributed by atoms with Crippen molar-refractivity contribution in [1.29, 1.82) is 0 Å². The van der Waals surface area contributed by atoms with Gasteiger partial charge in [-0.15, -0.1) is 0 Å². The van der Waals surface area contributed by atoms with Crippen molar-refractivity contribution in [2.75, 3.05) is 5.32 Å². The van der Waals surface area contributed by atoms with Gasteiger partial charge in [-0.2, -0.15) is 0 Å². The molecule has 0 radical (unpaired) electrons.